The molecule has 0 atom stereocenters. The van der Waals surface area contributed by atoms with Crippen LogP contribution in [0.25, 0.3) is 0 Å². The fourth-order valence-corrected chi connectivity index (χ4v) is 1.58. The van der Waals surface area contributed by atoms with Gasteiger partial charge in [-0.25, -0.2) is 0 Å². The van der Waals surface area contributed by atoms with Crippen molar-refractivity contribution in [3.8, 4) is 0 Å². The maximum atomic E-state index is 11.8. The molecule has 0 radical (unpaired) electrons. The minimum Gasteiger partial charge on any atom is -0.398 e. The van der Waals surface area contributed by atoms with Gasteiger partial charge < -0.3 is 15.4 Å². The monoisotopic (exact) mass is 236 g/mol. The van der Waals surface area contributed by atoms with Gasteiger partial charge in [0.25, 0.3) is 0 Å². The molecule has 94 valence electrons. The standard InChI is InChI=1S/C13H20N2O2/c1-15(13(16)8-5-9-17-2)10-11-6-3-4-7-12(11)14/h3-4,6-7H,5,8-10,14H2,1-2H3. The van der Waals surface area contributed by atoms with Gasteiger partial charge in [0.05, 0.1) is 0 Å². The quantitative estimate of drug-likeness (QED) is 0.603. The highest BCUT2D eigenvalue weighted by Gasteiger charge is 2.09. The van der Waals surface area contributed by atoms with Crippen LogP contribution in [0.3, 0.4) is 0 Å². The summed E-state index contributed by atoms with van der Waals surface area (Å²) in [5.41, 5.74) is 7.54. The maximum absolute atomic E-state index is 11.8. The molecule has 1 aromatic rings. The largest absolute Gasteiger partial charge is 0.398 e. The van der Waals surface area contributed by atoms with Gasteiger partial charge in [0.1, 0.15) is 0 Å². The van der Waals surface area contributed by atoms with Crippen LogP contribution in [0, 0.1) is 0 Å². The number of rotatable bonds is 6. The molecular weight excluding hydrogens is 216 g/mol. The van der Waals surface area contributed by atoms with E-state index in [1.54, 1.807) is 19.1 Å². The highest BCUT2D eigenvalue weighted by Crippen LogP contribution is 2.13. The van der Waals surface area contributed by atoms with E-state index in [9.17, 15) is 4.79 Å². The third kappa shape index (κ3) is 4.44. The normalized spacial score (nSPS) is 10.2. The molecular formula is C13H20N2O2. The number of carbonyl (C=O) groups excluding carboxylic acids is 1. The van der Waals surface area contributed by atoms with E-state index in [-0.39, 0.29) is 5.91 Å². The van der Waals surface area contributed by atoms with Crippen molar-refractivity contribution in [2.24, 2.45) is 0 Å². The number of ether oxygens (including phenoxy) is 1. The van der Waals surface area contributed by atoms with Gasteiger partial charge >= 0.3 is 0 Å². The van der Waals surface area contributed by atoms with E-state index in [4.69, 9.17) is 10.5 Å². The zero-order valence-electron chi connectivity index (χ0n) is 10.5. The molecule has 17 heavy (non-hydrogen) atoms. The highest BCUT2D eigenvalue weighted by molar-refractivity contribution is 5.76. The molecule has 0 aliphatic carbocycles. The van der Waals surface area contributed by atoms with Crippen LogP contribution < -0.4 is 5.73 Å². The second kappa shape index (κ2) is 6.91. The van der Waals surface area contributed by atoms with E-state index in [1.807, 2.05) is 24.3 Å². The van der Waals surface area contributed by atoms with Crippen LogP contribution in [0.2, 0.25) is 0 Å². The zero-order valence-corrected chi connectivity index (χ0v) is 10.5. The van der Waals surface area contributed by atoms with Crippen molar-refractivity contribution in [1.82, 2.24) is 4.90 Å². The van der Waals surface area contributed by atoms with E-state index in [1.165, 1.54) is 0 Å². The molecule has 0 bridgehead atoms. The third-order valence-corrected chi connectivity index (χ3v) is 2.63. The summed E-state index contributed by atoms with van der Waals surface area (Å²) in [5, 5.41) is 0. The van der Waals surface area contributed by atoms with Gasteiger partial charge in [0, 0.05) is 39.4 Å². The first-order valence-electron chi connectivity index (χ1n) is 5.71. The minimum atomic E-state index is 0.116. The smallest absolute Gasteiger partial charge is 0.222 e. The Morgan fingerprint density at radius 1 is 1.41 bits per heavy atom. The number of amides is 1. The molecule has 2 N–H and O–H groups in total. The van der Waals surface area contributed by atoms with Crippen LogP contribution >= 0.6 is 0 Å². The highest BCUT2D eigenvalue weighted by atomic mass is 16.5. The summed E-state index contributed by atoms with van der Waals surface area (Å²) in [6.07, 6.45) is 1.26. The van der Waals surface area contributed by atoms with Crippen molar-refractivity contribution < 1.29 is 9.53 Å². The number of nitrogens with two attached hydrogens (primary N) is 1. The SMILES string of the molecule is COCCCC(=O)N(C)Cc1ccccc1N. The van der Waals surface area contributed by atoms with Crippen LogP contribution in [0.1, 0.15) is 18.4 Å². The Morgan fingerprint density at radius 3 is 2.76 bits per heavy atom. The van der Waals surface area contributed by atoms with Gasteiger partial charge in [-0.2, -0.15) is 0 Å². The molecule has 4 nitrogen and oxygen atoms in total. The molecule has 0 fully saturated rings. The summed E-state index contributed by atoms with van der Waals surface area (Å²) in [4.78, 5) is 13.5. The first-order valence-corrected chi connectivity index (χ1v) is 5.71. The van der Waals surface area contributed by atoms with E-state index in [0.29, 0.717) is 19.6 Å². The lowest BCUT2D eigenvalue weighted by Crippen LogP contribution is -2.26. The number of anilines is 1. The molecule has 0 heterocycles. The number of nitrogen functional groups attached to an aromatic ring is 1. The van der Waals surface area contributed by atoms with Gasteiger partial charge in [-0.3, -0.25) is 4.79 Å². The van der Waals surface area contributed by atoms with Gasteiger partial charge in [0.15, 0.2) is 0 Å². The molecule has 0 saturated carbocycles. The van der Waals surface area contributed by atoms with Crippen LogP contribution in [-0.2, 0) is 16.1 Å². The number of hydrogen-bond acceptors (Lipinski definition) is 3. The van der Waals surface area contributed by atoms with Crippen molar-refractivity contribution in [3.05, 3.63) is 29.8 Å². The zero-order chi connectivity index (χ0) is 12.7. The first-order chi connectivity index (χ1) is 8.15. The lowest BCUT2D eigenvalue weighted by atomic mass is 10.1. The fraction of sp³-hybridized carbons (Fsp3) is 0.462. The summed E-state index contributed by atoms with van der Waals surface area (Å²) in [5.74, 6) is 0.116. The van der Waals surface area contributed by atoms with E-state index in [2.05, 4.69) is 0 Å². The molecule has 1 aromatic carbocycles. The van der Waals surface area contributed by atoms with E-state index < -0.39 is 0 Å². The van der Waals surface area contributed by atoms with Crippen LogP contribution in [-0.4, -0.2) is 31.6 Å². The lowest BCUT2D eigenvalue weighted by molar-refractivity contribution is -0.130. The van der Waals surface area contributed by atoms with Gasteiger partial charge in [-0.15, -0.1) is 0 Å². The van der Waals surface area contributed by atoms with Crippen molar-refractivity contribution >= 4 is 11.6 Å². The Bertz CT molecular complexity index is 366. The lowest BCUT2D eigenvalue weighted by Gasteiger charge is -2.18. The average molecular weight is 236 g/mol. The third-order valence-electron chi connectivity index (χ3n) is 2.63. The van der Waals surface area contributed by atoms with Crippen LogP contribution in [0.15, 0.2) is 24.3 Å². The van der Waals surface area contributed by atoms with Crippen molar-refractivity contribution in [3.63, 3.8) is 0 Å². The molecule has 0 spiro atoms. The second-order valence-corrected chi connectivity index (χ2v) is 4.04. The fourth-order valence-electron chi connectivity index (χ4n) is 1.58. The summed E-state index contributed by atoms with van der Waals surface area (Å²) < 4.78 is 4.92. The molecule has 0 aromatic heterocycles. The Hall–Kier alpha value is -1.55. The Morgan fingerprint density at radius 2 is 2.12 bits per heavy atom. The van der Waals surface area contributed by atoms with Crippen LogP contribution in [0.4, 0.5) is 5.69 Å². The number of carbonyl (C=O) groups is 1. The van der Waals surface area contributed by atoms with Crippen LogP contribution in [0.5, 0.6) is 0 Å². The van der Waals surface area contributed by atoms with Crippen molar-refractivity contribution in [1.29, 1.82) is 0 Å². The number of nitrogens with zero attached hydrogens (tertiary/aromatic N) is 1. The molecule has 0 aliphatic rings. The average Bonchev–Trinajstić information content (AvgIpc) is 2.32. The number of benzene rings is 1. The number of hydrogen-bond donors (Lipinski definition) is 1. The molecule has 4 heteroatoms. The Labute approximate surface area is 102 Å². The number of methoxy groups -OCH3 is 1. The molecule has 1 rings (SSSR count). The predicted molar refractivity (Wildman–Crippen MR) is 68.4 cm³/mol. The molecule has 0 saturated heterocycles. The second-order valence-electron chi connectivity index (χ2n) is 4.04. The van der Waals surface area contributed by atoms with E-state index in [0.717, 1.165) is 17.7 Å². The van der Waals surface area contributed by atoms with Gasteiger partial charge in [-0.05, 0) is 18.1 Å². The van der Waals surface area contributed by atoms with Crippen molar-refractivity contribution in [2.45, 2.75) is 19.4 Å². The summed E-state index contributed by atoms with van der Waals surface area (Å²) >= 11 is 0. The summed E-state index contributed by atoms with van der Waals surface area (Å²) in [6, 6.07) is 7.60. The Kier molecular flexibility index (Phi) is 5.49. The van der Waals surface area contributed by atoms with Crippen molar-refractivity contribution in [2.75, 3.05) is 26.5 Å². The number of para-hydroxylation sites is 1. The Balaban J connectivity index is 2.46. The molecule has 1 amide bonds. The summed E-state index contributed by atoms with van der Waals surface area (Å²) in [6.45, 7) is 1.17. The summed E-state index contributed by atoms with van der Waals surface area (Å²) in [7, 11) is 3.43. The molecule has 0 unspecified atom stereocenters. The van der Waals surface area contributed by atoms with Gasteiger partial charge in [0.2, 0.25) is 5.91 Å². The first kappa shape index (κ1) is 13.5. The minimum absolute atomic E-state index is 0.116. The van der Waals surface area contributed by atoms with Gasteiger partial charge in [-0.1, -0.05) is 18.2 Å². The maximum Gasteiger partial charge on any atom is 0.222 e. The van der Waals surface area contributed by atoms with E-state index >= 15 is 0 Å². The molecule has 0 aliphatic heterocycles. The topological polar surface area (TPSA) is 55.6 Å². The predicted octanol–water partition coefficient (Wildman–Crippen LogP) is 1.65.